The first-order chi connectivity index (χ1) is 29.0. The fourth-order valence-electron chi connectivity index (χ4n) is 7.05. The van der Waals surface area contributed by atoms with Crippen molar-refractivity contribution in [3.63, 3.8) is 0 Å². The Morgan fingerprint density at radius 2 is 1.05 bits per heavy atom. The van der Waals surface area contributed by atoms with Crippen molar-refractivity contribution in [3.05, 3.63) is 186 Å². The molecule has 0 amide bonds. The predicted molar refractivity (Wildman–Crippen MR) is 229 cm³/mol. The molecule has 0 saturated heterocycles. The minimum absolute atomic E-state index is 0.108. The van der Waals surface area contributed by atoms with Gasteiger partial charge in [0.15, 0.2) is 29.3 Å². The predicted octanol–water partition coefficient (Wildman–Crippen LogP) is 12.9. The first-order valence-corrected chi connectivity index (χ1v) is 21.2. The molecule has 0 aromatic heterocycles. The third-order valence-electron chi connectivity index (χ3n) is 10.0. The Kier molecular flexibility index (Phi) is 10.1. The van der Waals surface area contributed by atoms with Crippen LogP contribution >= 0.6 is 17.2 Å². The smallest absolute Gasteiger partial charge is 0.489 e. The zero-order chi connectivity index (χ0) is 39.7. The van der Waals surface area contributed by atoms with Crippen LogP contribution in [0, 0.1) is 6.92 Å². The van der Waals surface area contributed by atoms with E-state index < -0.39 is 23.5 Å². The monoisotopic (exact) mass is 818 g/mol. The Labute approximate surface area is 343 Å². The second-order valence-electron chi connectivity index (χ2n) is 14.0. The molecule has 0 bridgehead atoms. The Morgan fingerprint density at radius 3 is 1.69 bits per heavy atom. The quantitative estimate of drug-likeness (QED) is 0.0955. The lowest BCUT2D eigenvalue weighted by atomic mass is 9.90. The number of rotatable bonds is 12. The van der Waals surface area contributed by atoms with Crippen LogP contribution in [0.25, 0.3) is 32.7 Å². The Hall–Kier alpha value is -6.34. The molecular weight excluding hydrogens is 782 g/mol. The maximum Gasteiger partial charge on any atom is 0.530 e. The molecule has 0 saturated carbocycles. The molecule has 2 aliphatic rings. The molecule has 59 heavy (non-hydrogen) atoms. The molecule has 2 aliphatic heterocycles. The zero-order valence-corrected chi connectivity index (χ0v) is 33.5. The van der Waals surface area contributed by atoms with Gasteiger partial charge in [0.25, 0.3) is 0 Å². The number of hydrogen-bond donors (Lipinski definition) is 1. The molecule has 1 N–H and O–H groups in total. The first-order valence-electron chi connectivity index (χ1n) is 19.0. The Balaban J connectivity index is 1.03. The van der Waals surface area contributed by atoms with E-state index in [1.165, 1.54) is 5.56 Å². The summed E-state index contributed by atoms with van der Waals surface area (Å²) >= 11 is 0. The van der Waals surface area contributed by atoms with E-state index in [-0.39, 0.29) is 6.61 Å². The van der Waals surface area contributed by atoms with Gasteiger partial charge in [0, 0.05) is 11.1 Å². The molecule has 0 fully saturated rings. The number of ether oxygens (including phenoxy) is 2. The molecule has 11 heteroatoms. The zero-order valence-electron chi connectivity index (χ0n) is 31.7. The maximum atomic E-state index is 12.1. The lowest BCUT2D eigenvalue weighted by Crippen LogP contribution is -2.08. The summed E-state index contributed by atoms with van der Waals surface area (Å²) in [7, 11) is -3.84. The molecular formula is C48H36O9P2. The van der Waals surface area contributed by atoms with Crippen molar-refractivity contribution in [1.29, 1.82) is 0 Å². The summed E-state index contributed by atoms with van der Waals surface area (Å²) in [5, 5.41) is 15.6. The lowest BCUT2D eigenvalue weighted by Gasteiger charge is -2.24. The molecule has 292 valence electrons. The maximum absolute atomic E-state index is 12.1. The van der Waals surface area contributed by atoms with Crippen LogP contribution in [0.4, 0.5) is 0 Å². The van der Waals surface area contributed by atoms with E-state index in [9.17, 15) is 5.11 Å². The van der Waals surface area contributed by atoms with Crippen LogP contribution in [0.3, 0.4) is 0 Å². The van der Waals surface area contributed by atoms with Gasteiger partial charge in [-0.15, -0.1) is 0 Å². The Bertz CT molecular complexity index is 2750. The van der Waals surface area contributed by atoms with E-state index in [4.69, 9.17) is 36.6 Å². The van der Waals surface area contributed by atoms with Crippen molar-refractivity contribution in [1.82, 2.24) is 0 Å². The third kappa shape index (κ3) is 7.70. The van der Waals surface area contributed by atoms with Gasteiger partial charge in [-0.1, -0.05) is 121 Å². The number of fused-ring (bicyclic) bond motifs is 4. The minimum Gasteiger partial charge on any atom is -0.489 e. The van der Waals surface area contributed by atoms with Crippen LogP contribution in [-0.2, 0) is 18.0 Å². The molecule has 0 radical (unpaired) electrons. The Morgan fingerprint density at radius 1 is 0.525 bits per heavy atom. The van der Waals surface area contributed by atoms with Crippen LogP contribution < -0.4 is 31.9 Å². The van der Waals surface area contributed by atoms with Crippen molar-refractivity contribution in [2.75, 3.05) is 0 Å². The van der Waals surface area contributed by atoms with Crippen LogP contribution in [0.5, 0.6) is 40.2 Å². The summed E-state index contributed by atoms with van der Waals surface area (Å²) in [6, 6.07) is 52.6. The van der Waals surface area contributed by atoms with Crippen LogP contribution in [-0.4, -0.2) is 5.11 Å². The summed E-state index contributed by atoms with van der Waals surface area (Å²) in [6.07, 6.45) is -1.43. The fourth-order valence-corrected chi connectivity index (χ4v) is 9.18. The van der Waals surface area contributed by atoms with E-state index in [2.05, 4.69) is 31.2 Å². The minimum atomic E-state index is -1.99. The molecule has 1 atom stereocenters. The van der Waals surface area contributed by atoms with Crippen LogP contribution in [0.2, 0.25) is 0 Å². The van der Waals surface area contributed by atoms with Crippen molar-refractivity contribution in [3.8, 4) is 51.4 Å². The number of aryl methyl sites for hydroxylation is 1. The van der Waals surface area contributed by atoms with E-state index in [1.54, 1.807) is 0 Å². The van der Waals surface area contributed by atoms with Crippen molar-refractivity contribution >= 4 is 38.7 Å². The van der Waals surface area contributed by atoms with Crippen LogP contribution in [0.1, 0.15) is 28.5 Å². The highest BCUT2D eigenvalue weighted by Gasteiger charge is 2.36. The van der Waals surface area contributed by atoms with Gasteiger partial charge < -0.3 is 41.7 Å². The second-order valence-corrected chi connectivity index (χ2v) is 16.0. The van der Waals surface area contributed by atoms with E-state index >= 15 is 0 Å². The SMILES string of the molecule is Cc1ccc(COc2ccc(COC(O)c3cc4ccccc4c(-c4c(OP5Oc6ccccc6O5)ccc5ccccc45)c3OP3Oc4ccccc4O3)cc2)cc1. The largest absolute Gasteiger partial charge is 0.530 e. The summed E-state index contributed by atoms with van der Waals surface area (Å²) in [5.74, 6) is 3.91. The summed E-state index contributed by atoms with van der Waals surface area (Å²) in [5.41, 5.74) is 4.89. The van der Waals surface area contributed by atoms with E-state index in [0.29, 0.717) is 57.8 Å². The molecule has 2 heterocycles. The first kappa shape index (κ1) is 37.0. The van der Waals surface area contributed by atoms with Crippen LogP contribution in [0.15, 0.2) is 164 Å². The van der Waals surface area contributed by atoms with Gasteiger partial charge in [-0.25, -0.2) is 0 Å². The number of aliphatic hydroxyl groups excluding tert-OH is 1. The van der Waals surface area contributed by atoms with E-state index in [1.807, 2.05) is 140 Å². The van der Waals surface area contributed by atoms with Crippen molar-refractivity contribution in [2.24, 2.45) is 0 Å². The van der Waals surface area contributed by atoms with Gasteiger partial charge in [-0.3, -0.25) is 0 Å². The molecule has 10 rings (SSSR count). The van der Waals surface area contributed by atoms with Gasteiger partial charge in [0.05, 0.1) is 12.2 Å². The summed E-state index contributed by atoms with van der Waals surface area (Å²) in [4.78, 5) is 0. The highest BCUT2D eigenvalue weighted by molar-refractivity contribution is 7.43. The lowest BCUT2D eigenvalue weighted by molar-refractivity contribution is -0.112. The number of benzene rings is 8. The molecule has 8 aromatic carbocycles. The summed E-state index contributed by atoms with van der Waals surface area (Å²) < 4.78 is 50.5. The number of para-hydroxylation sites is 4. The second kappa shape index (κ2) is 16.1. The molecule has 0 spiro atoms. The normalized spacial score (nSPS) is 13.8. The standard InChI is InChI=1S/C48H36O9P2/c1-31-18-20-32(21-19-31)29-50-36-25-22-33(23-26-36)30-51-48(49)39-28-35-11-3-5-13-38(35)46(47(39)57-59-54-42-16-8-9-17-43(42)55-59)45-37-12-4-2-10-34(37)24-27-44(45)56-58-52-40-14-6-7-15-41(40)53-58/h2-28,48-49H,29-30H2,1H3. The number of hydrogen-bond acceptors (Lipinski definition) is 9. The topological polar surface area (TPSA) is 94.1 Å². The highest BCUT2D eigenvalue weighted by atomic mass is 31.2. The van der Waals surface area contributed by atoms with Gasteiger partial charge in [-0.05, 0) is 88.1 Å². The average molecular weight is 819 g/mol. The van der Waals surface area contributed by atoms with E-state index in [0.717, 1.165) is 38.4 Å². The third-order valence-corrected chi connectivity index (χ3v) is 12.1. The van der Waals surface area contributed by atoms with Gasteiger partial charge in [-0.2, -0.15) is 0 Å². The molecule has 1 unspecified atom stereocenters. The van der Waals surface area contributed by atoms with Gasteiger partial charge >= 0.3 is 17.2 Å². The van der Waals surface area contributed by atoms with Gasteiger partial charge in [0.1, 0.15) is 23.9 Å². The number of aliphatic hydroxyl groups is 1. The average Bonchev–Trinajstić information content (AvgIpc) is 3.89. The fraction of sp³-hybridized carbons (Fsp3) is 0.0833. The molecule has 9 nitrogen and oxygen atoms in total. The van der Waals surface area contributed by atoms with Gasteiger partial charge in [0.2, 0.25) is 0 Å². The van der Waals surface area contributed by atoms with Crippen molar-refractivity contribution < 1.29 is 41.7 Å². The molecule has 0 aliphatic carbocycles. The highest BCUT2D eigenvalue weighted by Crippen LogP contribution is 2.59. The van der Waals surface area contributed by atoms with Crippen molar-refractivity contribution in [2.45, 2.75) is 26.4 Å². The molecule has 8 aromatic rings. The summed E-state index contributed by atoms with van der Waals surface area (Å²) in [6.45, 7) is 2.63.